The summed E-state index contributed by atoms with van der Waals surface area (Å²) in [5.41, 5.74) is 5.41. The number of pyridine rings is 2. The van der Waals surface area contributed by atoms with Crippen molar-refractivity contribution < 1.29 is 18.7 Å². The fraction of sp³-hybridized carbons (Fsp3) is 0.385. The van der Waals surface area contributed by atoms with Crippen LogP contribution in [0, 0.1) is 5.82 Å². The maximum absolute atomic E-state index is 15.1. The highest BCUT2D eigenvalue weighted by Gasteiger charge is 2.30. The van der Waals surface area contributed by atoms with E-state index in [0.717, 1.165) is 29.7 Å². The van der Waals surface area contributed by atoms with Gasteiger partial charge in [-0.05, 0) is 39.7 Å². The number of alkyl carbamates (subject to hydrolysis) is 1. The largest absolute Gasteiger partial charge is 0.444 e. The number of ether oxygens (including phenoxy) is 1. The van der Waals surface area contributed by atoms with Gasteiger partial charge < -0.3 is 26.4 Å². The van der Waals surface area contributed by atoms with Crippen LogP contribution in [0.5, 0.6) is 0 Å². The number of rotatable bonds is 6. The third-order valence-electron chi connectivity index (χ3n) is 5.95. The Balaban J connectivity index is 1.61. The molecule has 36 heavy (non-hydrogen) atoms. The van der Waals surface area contributed by atoms with E-state index in [9.17, 15) is 9.59 Å². The number of nitrogens with zero attached hydrogens (tertiary/aromatic N) is 2. The van der Waals surface area contributed by atoms with Gasteiger partial charge in [0.2, 0.25) is 0 Å². The number of nitrogens with two attached hydrogens (primary N) is 1. The molecule has 2 heterocycles. The molecular weight excluding hydrogens is 463 g/mol. The van der Waals surface area contributed by atoms with Crippen molar-refractivity contribution in [1.82, 2.24) is 15.3 Å². The highest BCUT2D eigenvalue weighted by atomic mass is 19.1. The van der Waals surface area contributed by atoms with Gasteiger partial charge in [-0.2, -0.15) is 0 Å². The minimum atomic E-state index is -0.814. The van der Waals surface area contributed by atoms with Crippen LogP contribution in [0.25, 0.3) is 10.8 Å². The van der Waals surface area contributed by atoms with Gasteiger partial charge >= 0.3 is 6.09 Å². The second kappa shape index (κ2) is 10.3. The minimum absolute atomic E-state index is 0.0430. The van der Waals surface area contributed by atoms with Crippen molar-refractivity contribution >= 4 is 40.1 Å². The van der Waals surface area contributed by atoms with Crippen LogP contribution in [-0.4, -0.2) is 39.7 Å². The average molecular weight is 495 g/mol. The number of hydrogen-bond acceptors (Lipinski definition) is 7. The van der Waals surface area contributed by atoms with Gasteiger partial charge in [-0.3, -0.25) is 9.78 Å². The SMILES string of the molecule is CC(C)(C)OC(=O)N[C@H]1CCCC[C@H]1Nc1nc(Nc2cncc3ccccc23)c(C(N)=O)cc1F. The first kappa shape index (κ1) is 25.2. The molecule has 190 valence electrons. The molecule has 1 aromatic carbocycles. The predicted octanol–water partition coefficient (Wildman–Crippen LogP) is 4.86. The van der Waals surface area contributed by atoms with Gasteiger partial charge in [-0.15, -0.1) is 0 Å². The first-order valence-corrected chi connectivity index (χ1v) is 12.0. The average Bonchev–Trinajstić information content (AvgIpc) is 2.81. The summed E-state index contributed by atoms with van der Waals surface area (Å²) in [6.45, 7) is 5.38. The Labute approximate surface area is 209 Å². The molecule has 10 heteroatoms. The number of aromatic nitrogens is 2. The fourth-order valence-corrected chi connectivity index (χ4v) is 4.33. The van der Waals surface area contributed by atoms with Crippen LogP contribution >= 0.6 is 0 Å². The second-order valence-corrected chi connectivity index (χ2v) is 9.90. The lowest BCUT2D eigenvalue weighted by Crippen LogP contribution is -2.50. The Morgan fingerprint density at radius 3 is 2.53 bits per heavy atom. The normalized spacial score (nSPS) is 17.9. The van der Waals surface area contributed by atoms with Gasteiger partial charge in [-0.25, -0.2) is 14.2 Å². The molecule has 1 aliphatic rings. The van der Waals surface area contributed by atoms with Gasteiger partial charge in [0, 0.05) is 23.0 Å². The first-order chi connectivity index (χ1) is 17.1. The summed E-state index contributed by atoms with van der Waals surface area (Å²) in [6, 6.07) is 8.11. The monoisotopic (exact) mass is 494 g/mol. The summed E-state index contributed by atoms with van der Waals surface area (Å²) >= 11 is 0. The topological polar surface area (TPSA) is 131 Å². The molecule has 2 amide bonds. The molecule has 2 aromatic heterocycles. The highest BCUT2D eigenvalue weighted by molar-refractivity contribution is 6.01. The van der Waals surface area contributed by atoms with Crippen molar-refractivity contribution in [3.05, 3.63) is 54.1 Å². The van der Waals surface area contributed by atoms with E-state index in [1.165, 1.54) is 0 Å². The highest BCUT2D eigenvalue weighted by Crippen LogP contribution is 2.30. The summed E-state index contributed by atoms with van der Waals surface area (Å²) < 4.78 is 20.5. The maximum atomic E-state index is 15.1. The number of benzene rings is 1. The van der Waals surface area contributed by atoms with Gasteiger partial charge in [-0.1, -0.05) is 37.1 Å². The number of nitrogens with one attached hydrogen (secondary N) is 3. The summed E-state index contributed by atoms with van der Waals surface area (Å²) in [5, 5.41) is 10.9. The van der Waals surface area contributed by atoms with E-state index in [4.69, 9.17) is 10.5 Å². The van der Waals surface area contributed by atoms with Crippen LogP contribution in [0.3, 0.4) is 0 Å². The van der Waals surface area contributed by atoms with Crippen molar-refractivity contribution in [2.45, 2.75) is 64.1 Å². The van der Waals surface area contributed by atoms with E-state index in [1.54, 1.807) is 33.2 Å². The summed E-state index contributed by atoms with van der Waals surface area (Å²) in [6.07, 6.45) is 6.06. The molecule has 1 fully saturated rings. The van der Waals surface area contributed by atoms with E-state index >= 15 is 4.39 Å². The summed E-state index contributed by atoms with van der Waals surface area (Å²) in [5.74, 6) is -1.46. The summed E-state index contributed by atoms with van der Waals surface area (Å²) in [4.78, 5) is 33.1. The molecule has 0 saturated heterocycles. The Hall–Kier alpha value is -3.95. The van der Waals surface area contributed by atoms with E-state index in [1.807, 2.05) is 24.3 Å². The van der Waals surface area contributed by atoms with Crippen LogP contribution in [-0.2, 0) is 4.74 Å². The lowest BCUT2D eigenvalue weighted by Gasteiger charge is -2.34. The van der Waals surface area contributed by atoms with Crippen molar-refractivity contribution in [3.63, 3.8) is 0 Å². The molecule has 5 N–H and O–H groups in total. The van der Waals surface area contributed by atoms with Crippen molar-refractivity contribution in [1.29, 1.82) is 0 Å². The number of carbonyl (C=O) groups excluding carboxylic acids is 2. The van der Waals surface area contributed by atoms with Gasteiger partial charge in [0.05, 0.1) is 23.5 Å². The van der Waals surface area contributed by atoms with E-state index in [2.05, 4.69) is 25.9 Å². The Morgan fingerprint density at radius 1 is 1.08 bits per heavy atom. The number of primary amides is 1. The Bertz CT molecular complexity index is 1270. The van der Waals surface area contributed by atoms with E-state index in [0.29, 0.717) is 18.5 Å². The van der Waals surface area contributed by atoms with E-state index in [-0.39, 0.29) is 29.3 Å². The van der Waals surface area contributed by atoms with Crippen molar-refractivity contribution in [2.24, 2.45) is 5.73 Å². The molecule has 9 nitrogen and oxygen atoms in total. The smallest absolute Gasteiger partial charge is 0.407 e. The van der Waals surface area contributed by atoms with Gasteiger partial charge in [0.15, 0.2) is 11.6 Å². The molecule has 1 saturated carbocycles. The quantitative estimate of drug-likeness (QED) is 0.385. The number of amides is 2. The molecular formula is C26H31FN6O3. The first-order valence-electron chi connectivity index (χ1n) is 12.0. The molecule has 0 radical (unpaired) electrons. The van der Waals surface area contributed by atoms with Crippen molar-refractivity contribution in [2.75, 3.05) is 10.6 Å². The Kier molecular flexibility index (Phi) is 7.23. The van der Waals surface area contributed by atoms with Crippen LogP contribution in [0.1, 0.15) is 56.8 Å². The number of hydrogen-bond donors (Lipinski definition) is 4. The molecule has 0 unspecified atom stereocenters. The summed E-state index contributed by atoms with van der Waals surface area (Å²) in [7, 11) is 0. The standard InChI is InChI=1S/C26H31FN6O3/c1-26(2,3)36-25(35)32-20-11-7-6-10-19(20)30-24-18(27)12-17(22(28)34)23(33-24)31-21-14-29-13-15-8-4-5-9-16(15)21/h4-5,8-9,12-14,19-20H,6-7,10-11H2,1-3H3,(H2,28,34)(H,32,35)(H2,30,31,33)/t19-,20+/m1/s1. The molecule has 2 atom stereocenters. The molecule has 1 aliphatic carbocycles. The zero-order chi connectivity index (χ0) is 25.9. The molecule has 0 bridgehead atoms. The van der Waals surface area contributed by atoms with Gasteiger partial charge in [0.1, 0.15) is 11.4 Å². The molecule has 0 spiro atoms. The van der Waals surface area contributed by atoms with Crippen molar-refractivity contribution in [3.8, 4) is 0 Å². The number of halogens is 1. The third kappa shape index (κ3) is 5.99. The zero-order valence-corrected chi connectivity index (χ0v) is 20.6. The lowest BCUT2D eigenvalue weighted by molar-refractivity contribution is 0.0488. The lowest BCUT2D eigenvalue weighted by atomic mass is 9.90. The zero-order valence-electron chi connectivity index (χ0n) is 20.6. The van der Waals surface area contributed by atoms with Crippen LogP contribution in [0.2, 0.25) is 0 Å². The molecule has 3 aromatic rings. The number of carbonyl (C=O) groups is 2. The molecule has 0 aliphatic heterocycles. The van der Waals surface area contributed by atoms with E-state index < -0.39 is 23.4 Å². The second-order valence-electron chi connectivity index (χ2n) is 9.90. The fourth-order valence-electron chi connectivity index (χ4n) is 4.33. The number of anilines is 3. The van der Waals surface area contributed by atoms with Gasteiger partial charge in [0.25, 0.3) is 5.91 Å². The Morgan fingerprint density at radius 2 is 1.81 bits per heavy atom. The predicted molar refractivity (Wildman–Crippen MR) is 137 cm³/mol. The third-order valence-corrected chi connectivity index (χ3v) is 5.95. The van der Waals surface area contributed by atoms with Crippen LogP contribution < -0.4 is 21.7 Å². The molecule has 4 rings (SSSR count). The minimum Gasteiger partial charge on any atom is -0.444 e. The van der Waals surface area contributed by atoms with Crippen LogP contribution in [0.4, 0.5) is 26.5 Å². The maximum Gasteiger partial charge on any atom is 0.407 e. The van der Waals surface area contributed by atoms with Crippen LogP contribution in [0.15, 0.2) is 42.7 Å². The number of fused-ring (bicyclic) bond motifs is 1.